The Morgan fingerprint density at radius 2 is 1.80 bits per heavy atom. The maximum atomic E-state index is 13.9. The van der Waals surface area contributed by atoms with Crippen molar-refractivity contribution in [1.29, 1.82) is 0 Å². The lowest BCUT2D eigenvalue weighted by atomic mass is 10.1. The number of morpholine rings is 1. The van der Waals surface area contributed by atoms with Gasteiger partial charge in [0.25, 0.3) is 0 Å². The molecule has 0 aliphatic carbocycles. The number of carbonyl (C=O) groups excluding carboxylic acids is 1. The van der Waals surface area contributed by atoms with Gasteiger partial charge in [-0.2, -0.15) is 0 Å². The largest absolute Gasteiger partial charge is 0.489 e. The van der Waals surface area contributed by atoms with Crippen molar-refractivity contribution in [2.75, 3.05) is 63.2 Å². The summed E-state index contributed by atoms with van der Waals surface area (Å²) in [5, 5.41) is 6.80. The molecule has 2 N–H and O–H groups in total. The summed E-state index contributed by atoms with van der Waals surface area (Å²) in [7, 11) is 0. The number of hydrogen-bond acceptors (Lipinski definition) is 9. The number of anilines is 3. The topological polar surface area (TPSA) is 114 Å². The van der Waals surface area contributed by atoms with Crippen LogP contribution in [0.15, 0.2) is 55.0 Å². The first-order valence-electron chi connectivity index (χ1n) is 15.2. The number of pyridine rings is 1. The molecule has 46 heavy (non-hydrogen) atoms. The van der Waals surface area contributed by atoms with Gasteiger partial charge in [0.15, 0.2) is 0 Å². The average Bonchev–Trinajstić information content (AvgIpc) is 3.07. The molecule has 0 radical (unpaired) electrons. The summed E-state index contributed by atoms with van der Waals surface area (Å²) in [5.74, 6) is -0.0664. The second-order valence-corrected chi connectivity index (χ2v) is 11.4. The maximum Gasteiger partial charge on any atom is 0.322 e. The van der Waals surface area contributed by atoms with Crippen molar-refractivity contribution in [2.24, 2.45) is 0 Å². The van der Waals surface area contributed by atoms with Gasteiger partial charge in [0.05, 0.1) is 36.6 Å². The lowest BCUT2D eigenvalue weighted by Crippen LogP contribution is -2.44. The molecule has 0 atom stereocenters. The zero-order chi connectivity index (χ0) is 31.9. The Hall–Kier alpha value is -4.33. The lowest BCUT2D eigenvalue weighted by Gasteiger charge is -2.32. The highest BCUT2D eigenvalue weighted by Crippen LogP contribution is 2.33. The van der Waals surface area contributed by atoms with Crippen LogP contribution in [0.4, 0.5) is 30.8 Å². The van der Waals surface area contributed by atoms with Crippen LogP contribution in [0.25, 0.3) is 10.9 Å². The van der Waals surface area contributed by atoms with Gasteiger partial charge in [0.2, 0.25) is 5.88 Å². The fraction of sp³-hybridized carbons (Fsp3) is 0.375. The quantitative estimate of drug-likeness (QED) is 0.203. The molecule has 0 bridgehead atoms. The monoisotopic (exact) mass is 653 g/mol. The van der Waals surface area contributed by atoms with Crippen molar-refractivity contribution in [3.05, 3.63) is 71.6 Å². The number of likely N-dealkylation sites (tertiary alicyclic amines) is 1. The van der Waals surface area contributed by atoms with E-state index in [1.54, 1.807) is 18.3 Å². The van der Waals surface area contributed by atoms with E-state index in [1.807, 2.05) is 12.1 Å². The molecule has 6 rings (SSSR count). The van der Waals surface area contributed by atoms with Crippen LogP contribution < -0.4 is 20.1 Å². The van der Waals surface area contributed by atoms with E-state index >= 15 is 0 Å². The van der Waals surface area contributed by atoms with E-state index in [-0.39, 0.29) is 6.10 Å². The van der Waals surface area contributed by atoms with Crippen molar-refractivity contribution < 1.29 is 27.8 Å². The summed E-state index contributed by atoms with van der Waals surface area (Å²) < 4.78 is 45.3. The molecular formula is C32H34ClF2N7O4. The molecule has 2 aliphatic heterocycles. The molecule has 2 fully saturated rings. The van der Waals surface area contributed by atoms with Gasteiger partial charge in [-0.1, -0.05) is 17.7 Å². The number of halogens is 3. The van der Waals surface area contributed by atoms with E-state index < -0.39 is 23.4 Å². The zero-order valence-corrected chi connectivity index (χ0v) is 25.8. The third kappa shape index (κ3) is 7.90. The first kappa shape index (κ1) is 31.6. The van der Waals surface area contributed by atoms with Crippen LogP contribution in [0.3, 0.4) is 0 Å². The number of para-hydroxylation sites is 1. The molecule has 4 aromatic rings. The number of carbonyl (C=O) groups is 1. The molecule has 11 nitrogen and oxygen atoms in total. The summed E-state index contributed by atoms with van der Waals surface area (Å²) in [6.07, 6.45) is 4.89. The molecule has 0 spiro atoms. The van der Waals surface area contributed by atoms with Gasteiger partial charge in [-0.3, -0.25) is 4.90 Å². The molecular weight excluding hydrogens is 620 g/mol. The van der Waals surface area contributed by atoms with Gasteiger partial charge in [-0.05, 0) is 36.8 Å². The Labute approximate surface area is 269 Å². The van der Waals surface area contributed by atoms with Crippen molar-refractivity contribution in [1.82, 2.24) is 24.8 Å². The number of piperidine rings is 1. The van der Waals surface area contributed by atoms with E-state index in [0.717, 1.165) is 56.8 Å². The number of nitrogens with zero attached hydrogens (tertiary/aromatic N) is 5. The van der Waals surface area contributed by atoms with Crippen LogP contribution in [0.2, 0.25) is 5.02 Å². The highest BCUT2D eigenvalue weighted by molar-refractivity contribution is 6.32. The number of ether oxygens (including phenoxy) is 3. The van der Waals surface area contributed by atoms with Gasteiger partial charge >= 0.3 is 6.03 Å². The standard InChI is InChI=1S/C32H34ClF2N7O4/c33-24-17-21(5-6-28(24)46-22-7-10-42(11-8-22)32(43)40-30-25(34)3-1-4-26(30)35)39-31-23-18-29(36-19-27(23)37-20-38-31)45-14-2-9-41-12-15-44-16-13-41/h1,3-6,17-20,22H,2,7-16H2,(H,40,43)(H,37,38,39). The summed E-state index contributed by atoms with van der Waals surface area (Å²) in [6, 6.07) is 10.1. The molecule has 14 heteroatoms. The van der Waals surface area contributed by atoms with Crippen molar-refractivity contribution in [3.8, 4) is 11.6 Å². The van der Waals surface area contributed by atoms with Gasteiger partial charge < -0.3 is 29.7 Å². The SMILES string of the molecule is O=C(Nc1c(F)cccc1F)N1CCC(Oc2ccc(Nc3ncnc4cnc(OCCCN5CCOCC5)cc34)cc2Cl)CC1. The number of fused-ring (bicyclic) bond motifs is 1. The van der Waals surface area contributed by atoms with E-state index in [1.165, 1.54) is 17.3 Å². The fourth-order valence-electron chi connectivity index (χ4n) is 5.38. The Kier molecular flexibility index (Phi) is 10.2. The Morgan fingerprint density at radius 1 is 1.02 bits per heavy atom. The Bertz CT molecular complexity index is 1650. The molecule has 0 unspecified atom stereocenters. The van der Waals surface area contributed by atoms with E-state index in [9.17, 15) is 13.6 Å². The molecule has 2 aromatic heterocycles. The number of amides is 2. The molecule has 2 aliphatic rings. The number of rotatable bonds is 10. The zero-order valence-electron chi connectivity index (χ0n) is 25.1. The van der Waals surface area contributed by atoms with E-state index in [4.69, 9.17) is 25.8 Å². The van der Waals surface area contributed by atoms with E-state index in [2.05, 4.69) is 30.5 Å². The van der Waals surface area contributed by atoms with Gasteiger partial charge in [-0.25, -0.2) is 28.5 Å². The van der Waals surface area contributed by atoms with Gasteiger partial charge in [-0.15, -0.1) is 0 Å². The highest BCUT2D eigenvalue weighted by Gasteiger charge is 2.26. The Balaban J connectivity index is 1.02. The smallest absolute Gasteiger partial charge is 0.322 e. The molecule has 2 saturated heterocycles. The third-order valence-electron chi connectivity index (χ3n) is 7.88. The lowest BCUT2D eigenvalue weighted by molar-refractivity contribution is 0.0357. The number of urea groups is 1. The second kappa shape index (κ2) is 14.8. The minimum absolute atomic E-state index is 0.184. The molecule has 2 amide bonds. The van der Waals surface area contributed by atoms with Crippen LogP contribution in [0.1, 0.15) is 19.3 Å². The summed E-state index contributed by atoms with van der Waals surface area (Å²) in [5.41, 5.74) is 0.916. The number of aromatic nitrogens is 3. The molecule has 0 saturated carbocycles. The maximum absolute atomic E-state index is 13.9. The van der Waals surface area contributed by atoms with Crippen LogP contribution in [0.5, 0.6) is 11.6 Å². The molecule has 2 aromatic carbocycles. The third-order valence-corrected chi connectivity index (χ3v) is 8.18. The van der Waals surface area contributed by atoms with Gasteiger partial charge in [0.1, 0.15) is 41.3 Å². The van der Waals surface area contributed by atoms with Crippen molar-refractivity contribution >= 4 is 45.7 Å². The summed E-state index contributed by atoms with van der Waals surface area (Å²) in [6.45, 7) is 5.65. The van der Waals surface area contributed by atoms with Gasteiger partial charge in [0, 0.05) is 62.7 Å². The number of hydrogen-bond donors (Lipinski definition) is 2. The second-order valence-electron chi connectivity index (χ2n) is 11.0. The summed E-state index contributed by atoms with van der Waals surface area (Å²) in [4.78, 5) is 29.6. The normalized spacial score (nSPS) is 15.9. The first-order chi connectivity index (χ1) is 22.4. The van der Waals surface area contributed by atoms with Crippen LogP contribution in [-0.4, -0.2) is 89.4 Å². The minimum atomic E-state index is -0.825. The predicted octanol–water partition coefficient (Wildman–Crippen LogP) is 5.88. The molecule has 4 heterocycles. The highest BCUT2D eigenvalue weighted by atomic mass is 35.5. The van der Waals surface area contributed by atoms with Crippen LogP contribution >= 0.6 is 11.6 Å². The van der Waals surface area contributed by atoms with E-state index in [0.29, 0.717) is 66.2 Å². The van der Waals surface area contributed by atoms with Crippen LogP contribution in [-0.2, 0) is 4.74 Å². The number of nitrogens with one attached hydrogen (secondary N) is 2. The summed E-state index contributed by atoms with van der Waals surface area (Å²) >= 11 is 6.60. The minimum Gasteiger partial charge on any atom is -0.489 e. The van der Waals surface area contributed by atoms with Crippen molar-refractivity contribution in [2.45, 2.75) is 25.4 Å². The first-order valence-corrected chi connectivity index (χ1v) is 15.6. The fourth-order valence-corrected chi connectivity index (χ4v) is 5.60. The Morgan fingerprint density at radius 3 is 2.57 bits per heavy atom. The molecule has 242 valence electrons. The van der Waals surface area contributed by atoms with Crippen LogP contribution in [0, 0.1) is 11.6 Å². The van der Waals surface area contributed by atoms with Crippen molar-refractivity contribution in [3.63, 3.8) is 0 Å². The average molecular weight is 654 g/mol. The predicted molar refractivity (Wildman–Crippen MR) is 170 cm³/mol. The number of benzene rings is 2.